The van der Waals surface area contributed by atoms with Gasteiger partial charge in [0, 0.05) is 0 Å². The molecule has 0 heterocycles. The molecule has 3 heteroatoms. The SMILES string of the molecule is CC(C)[B-](F)(F)C(C)C. The van der Waals surface area contributed by atoms with E-state index >= 15 is 0 Å². The molecular formula is C6H14BF2-. The Labute approximate surface area is 55.7 Å². The number of hydrogen-bond acceptors (Lipinski definition) is 0. The van der Waals surface area contributed by atoms with Crippen LogP contribution in [0.5, 0.6) is 0 Å². The lowest BCUT2D eigenvalue weighted by Crippen LogP contribution is -2.30. The van der Waals surface area contributed by atoms with Crippen molar-refractivity contribution in [3.05, 3.63) is 0 Å². The van der Waals surface area contributed by atoms with Gasteiger partial charge in [-0.15, -0.1) is 11.6 Å². The summed E-state index contributed by atoms with van der Waals surface area (Å²) in [6.07, 6.45) is 0. The van der Waals surface area contributed by atoms with Gasteiger partial charge in [-0.1, -0.05) is 27.7 Å². The minimum atomic E-state index is -3.11. The first-order chi connectivity index (χ1) is 3.89. The summed E-state index contributed by atoms with van der Waals surface area (Å²) in [6, 6.07) is 0. The van der Waals surface area contributed by atoms with Gasteiger partial charge in [0.05, 0.1) is 0 Å². The van der Waals surface area contributed by atoms with Crippen molar-refractivity contribution in [3.8, 4) is 0 Å². The topological polar surface area (TPSA) is 0 Å². The fourth-order valence-corrected chi connectivity index (χ4v) is 0.770. The third-order valence-corrected chi connectivity index (χ3v) is 1.78. The Balaban J connectivity index is 4.01. The maximum Gasteiger partial charge on any atom is 0.310 e. The maximum absolute atomic E-state index is 12.7. The van der Waals surface area contributed by atoms with Crippen LogP contribution in [0.25, 0.3) is 0 Å². The zero-order valence-electron chi connectivity index (χ0n) is 6.49. The molecule has 56 valence electrons. The molecule has 0 nitrogen and oxygen atoms in total. The molecular weight excluding hydrogens is 121 g/mol. The summed E-state index contributed by atoms with van der Waals surface area (Å²) >= 11 is 0. The van der Waals surface area contributed by atoms with E-state index in [1.165, 1.54) is 0 Å². The van der Waals surface area contributed by atoms with E-state index in [0.29, 0.717) is 0 Å². The predicted molar refractivity (Wildman–Crippen MR) is 38.2 cm³/mol. The Hall–Kier alpha value is -0.0751. The van der Waals surface area contributed by atoms with Gasteiger partial charge >= 0.3 is 6.70 Å². The van der Waals surface area contributed by atoms with Gasteiger partial charge in [-0.05, 0) is 0 Å². The van der Waals surface area contributed by atoms with Gasteiger partial charge in [0.1, 0.15) is 0 Å². The van der Waals surface area contributed by atoms with Crippen LogP contribution in [0, 0.1) is 0 Å². The van der Waals surface area contributed by atoms with Crippen LogP contribution in [0.1, 0.15) is 27.7 Å². The molecule has 0 bridgehead atoms. The molecule has 0 aliphatic heterocycles. The van der Waals surface area contributed by atoms with E-state index in [2.05, 4.69) is 0 Å². The lowest BCUT2D eigenvalue weighted by molar-refractivity contribution is 0.534. The van der Waals surface area contributed by atoms with Crippen molar-refractivity contribution >= 4 is 6.70 Å². The largest absolute Gasteiger partial charge is 0.477 e. The Morgan fingerprint density at radius 2 is 1.11 bits per heavy atom. The molecule has 0 spiro atoms. The van der Waals surface area contributed by atoms with Crippen molar-refractivity contribution in [2.24, 2.45) is 0 Å². The summed E-state index contributed by atoms with van der Waals surface area (Å²) in [5.41, 5.74) is 0. The molecule has 0 saturated carbocycles. The van der Waals surface area contributed by atoms with E-state index in [9.17, 15) is 8.63 Å². The molecule has 0 rings (SSSR count). The summed E-state index contributed by atoms with van der Waals surface area (Å²) in [7, 11) is 0. The van der Waals surface area contributed by atoms with Crippen LogP contribution in [0.15, 0.2) is 0 Å². The lowest BCUT2D eigenvalue weighted by Gasteiger charge is -2.31. The van der Waals surface area contributed by atoms with Gasteiger partial charge in [-0.2, -0.15) is 0 Å². The number of rotatable bonds is 2. The maximum atomic E-state index is 12.7. The molecule has 0 aliphatic rings. The lowest BCUT2D eigenvalue weighted by atomic mass is 9.47. The Bertz CT molecular complexity index is 79.1. The summed E-state index contributed by atoms with van der Waals surface area (Å²) in [4.78, 5) is 0. The van der Waals surface area contributed by atoms with Crippen LogP contribution >= 0.6 is 0 Å². The van der Waals surface area contributed by atoms with Crippen LogP contribution in [-0.4, -0.2) is 6.70 Å². The van der Waals surface area contributed by atoms with Gasteiger partial charge in [0.25, 0.3) is 0 Å². The molecule has 0 saturated heterocycles. The summed E-state index contributed by atoms with van der Waals surface area (Å²) < 4.78 is 25.5. The average molecular weight is 135 g/mol. The molecule has 0 unspecified atom stereocenters. The van der Waals surface area contributed by atoms with Gasteiger partial charge in [0.15, 0.2) is 0 Å². The van der Waals surface area contributed by atoms with Gasteiger partial charge in [-0.25, -0.2) is 0 Å². The van der Waals surface area contributed by atoms with E-state index in [-0.39, 0.29) is 0 Å². The molecule has 0 aromatic rings. The molecule has 0 amide bonds. The summed E-state index contributed by atoms with van der Waals surface area (Å²) in [5.74, 6) is -0.963. The van der Waals surface area contributed by atoms with Crippen molar-refractivity contribution in [2.75, 3.05) is 0 Å². The molecule has 0 radical (unpaired) electrons. The summed E-state index contributed by atoms with van der Waals surface area (Å²) in [5, 5.41) is 0. The molecule has 9 heavy (non-hydrogen) atoms. The van der Waals surface area contributed by atoms with Crippen LogP contribution in [0.4, 0.5) is 8.63 Å². The summed E-state index contributed by atoms with van der Waals surface area (Å²) in [6.45, 7) is 3.17. The van der Waals surface area contributed by atoms with E-state index in [1.54, 1.807) is 27.7 Å². The standard InChI is InChI=1S/C6H14BF2/c1-5(2)7(8,9)6(3)4/h5-6H,1-4H3/q-1. The first kappa shape index (κ1) is 8.92. The zero-order valence-corrected chi connectivity index (χ0v) is 6.49. The smallest absolute Gasteiger partial charge is 0.310 e. The molecule has 0 atom stereocenters. The second-order valence-electron chi connectivity index (χ2n) is 3.27. The van der Waals surface area contributed by atoms with Crippen molar-refractivity contribution in [1.82, 2.24) is 0 Å². The normalized spacial score (nSPS) is 13.3. The quantitative estimate of drug-likeness (QED) is 0.510. The molecule has 0 aliphatic carbocycles. The Kier molecular flexibility index (Phi) is 2.65. The minimum Gasteiger partial charge on any atom is -0.477 e. The highest BCUT2D eigenvalue weighted by Gasteiger charge is 2.30. The molecule has 0 N–H and O–H groups in total. The van der Waals surface area contributed by atoms with Crippen LogP contribution in [0.3, 0.4) is 0 Å². The first-order valence-electron chi connectivity index (χ1n) is 3.41. The van der Waals surface area contributed by atoms with Crippen molar-refractivity contribution in [3.63, 3.8) is 0 Å². The first-order valence-corrected chi connectivity index (χ1v) is 3.41. The van der Waals surface area contributed by atoms with Crippen molar-refractivity contribution < 1.29 is 8.63 Å². The third kappa shape index (κ3) is 1.96. The third-order valence-electron chi connectivity index (χ3n) is 1.78. The van der Waals surface area contributed by atoms with E-state index in [1.807, 2.05) is 0 Å². The average Bonchev–Trinajstić information content (AvgIpc) is 1.65. The second-order valence-corrected chi connectivity index (χ2v) is 3.27. The highest BCUT2D eigenvalue weighted by Crippen LogP contribution is 2.34. The number of halogens is 2. The van der Waals surface area contributed by atoms with Crippen molar-refractivity contribution in [2.45, 2.75) is 39.3 Å². The van der Waals surface area contributed by atoms with E-state index in [0.717, 1.165) is 0 Å². The van der Waals surface area contributed by atoms with Crippen LogP contribution in [0.2, 0.25) is 11.6 Å². The molecule has 0 fully saturated rings. The fourth-order valence-electron chi connectivity index (χ4n) is 0.770. The monoisotopic (exact) mass is 135 g/mol. The molecule has 0 aromatic carbocycles. The van der Waals surface area contributed by atoms with Gasteiger partial charge in [-0.3, -0.25) is 0 Å². The van der Waals surface area contributed by atoms with Crippen LogP contribution in [-0.2, 0) is 0 Å². The van der Waals surface area contributed by atoms with Crippen LogP contribution < -0.4 is 0 Å². The highest BCUT2D eigenvalue weighted by atomic mass is 19.2. The van der Waals surface area contributed by atoms with E-state index < -0.39 is 18.3 Å². The minimum absolute atomic E-state index is 0.481. The predicted octanol–water partition coefficient (Wildman–Crippen LogP) is 3.19. The zero-order chi connectivity index (χ0) is 7.65. The Morgan fingerprint density at radius 3 is 1.11 bits per heavy atom. The second kappa shape index (κ2) is 2.67. The highest BCUT2D eigenvalue weighted by molar-refractivity contribution is 6.68. The number of hydrogen-bond donors (Lipinski definition) is 0. The van der Waals surface area contributed by atoms with Gasteiger partial charge in [0.2, 0.25) is 0 Å². The van der Waals surface area contributed by atoms with Gasteiger partial charge < -0.3 is 8.63 Å². The van der Waals surface area contributed by atoms with E-state index in [4.69, 9.17) is 0 Å². The Morgan fingerprint density at radius 1 is 0.889 bits per heavy atom. The van der Waals surface area contributed by atoms with Crippen molar-refractivity contribution in [1.29, 1.82) is 0 Å². The molecule has 0 aromatic heterocycles. The fraction of sp³-hybridized carbons (Fsp3) is 1.00.